The van der Waals surface area contributed by atoms with Crippen LogP contribution in [-0.2, 0) is 6.54 Å². The van der Waals surface area contributed by atoms with Gasteiger partial charge in [-0.3, -0.25) is 0 Å². The molecule has 1 heterocycles. The summed E-state index contributed by atoms with van der Waals surface area (Å²) in [5.74, 6) is 1.02. The number of para-hydroxylation sites is 2. The summed E-state index contributed by atoms with van der Waals surface area (Å²) in [6, 6.07) is 19.2. The number of aromatic nitrogens is 2. The minimum absolute atomic E-state index is 0.233. The Balaban J connectivity index is 1.56. The van der Waals surface area contributed by atoms with Gasteiger partial charge in [0.2, 0.25) is 5.82 Å². The summed E-state index contributed by atoms with van der Waals surface area (Å²) in [7, 11) is 0. The molecule has 0 saturated heterocycles. The number of hydrogen-bond acceptors (Lipinski definition) is 4. The van der Waals surface area contributed by atoms with Gasteiger partial charge in [-0.1, -0.05) is 62.2 Å². The second-order valence-electron chi connectivity index (χ2n) is 7.79. The Morgan fingerprint density at radius 2 is 1.85 bits per heavy atom. The van der Waals surface area contributed by atoms with Crippen molar-refractivity contribution in [2.75, 3.05) is 18.5 Å². The number of amides is 2. The van der Waals surface area contributed by atoms with Crippen LogP contribution < -0.4 is 15.4 Å². The third kappa shape index (κ3) is 6.59. The van der Waals surface area contributed by atoms with Gasteiger partial charge in [0, 0.05) is 24.3 Å². The van der Waals surface area contributed by atoms with Crippen molar-refractivity contribution < 1.29 is 9.53 Å². The van der Waals surface area contributed by atoms with Crippen LogP contribution in [-0.4, -0.2) is 28.7 Å². The molecule has 1 aromatic heterocycles. The largest absolute Gasteiger partial charge is 0.491 e. The van der Waals surface area contributed by atoms with Gasteiger partial charge in [-0.2, -0.15) is 5.26 Å². The Morgan fingerprint density at radius 3 is 2.61 bits per heavy atom. The normalized spacial score (nSPS) is 10.5. The van der Waals surface area contributed by atoms with E-state index in [2.05, 4.69) is 28.6 Å². The van der Waals surface area contributed by atoms with E-state index in [-0.39, 0.29) is 6.03 Å². The number of hydrogen-bond donors (Lipinski definition) is 2. The molecular weight excluding hydrogens is 414 g/mol. The molecule has 0 bridgehead atoms. The van der Waals surface area contributed by atoms with E-state index in [1.54, 1.807) is 0 Å². The third-order valence-corrected chi connectivity index (χ3v) is 5.35. The molecule has 33 heavy (non-hydrogen) atoms. The van der Waals surface area contributed by atoms with Crippen molar-refractivity contribution in [3.8, 4) is 23.1 Å². The summed E-state index contributed by atoms with van der Waals surface area (Å²) in [6.07, 6.45) is 3.86. The average molecular weight is 446 g/mol. The lowest BCUT2D eigenvalue weighted by Crippen LogP contribution is -2.29. The van der Waals surface area contributed by atoms with Gasteiger partial charge in [0.05, 0.1) is 18.0 Å². The highest BCUT2D eigenvalue weighted by atomic mass is 16.5. The molecule has 3 aromatic rings. The zero-order valence-electron chi connectivity index (χ0n) is 19.3. The minimum Gasteiger partial charge on any atom is -0.491 e. The maximum atomic E-state index is 12.2. The quantitative estimate of drug-likeness (QED) is 0.381. The highest BCUT2D eigenvalue weighted by molar-refractivity contribution is 5.90. The van der Waals surface area contributed by atoms with Crippen molar-refractivity contribution in [2.24, 2.45) is 0 Å². The number of anilines is 1. The molecule has 7 heteroatoms. The Bertz CT molecular complexity index is 1090. The fourth-order valence-corrected chi connectivity index (χ4v) is 3.61. The number of ether oxygens (including phenoxy) is 1. The Kier molecular flexibility index (Phi) is 8.89. The summed E-state index contributed by atoms with van der Waals surface area (Å²) >= 11 is 0. The second kappa shape index (κ2) is 12.3. The van der Waals surface area contributed by atoms with Crippen molar-refractivity contribution in [2.45, 2.75) is 46.1 Å². The first-order valence-electron chi connectivity index (χ1n) is 11.4. The van der Waals surface area contributed by atoms with Gasteiger partial charge in [-0.15, -0.1) is 0 Å². The van der Waals surface area contributed by atoms with E-state index in [4.69, 9.17) is 4.74 Å². The zero-order valence-corrected chi connectivity index (χ0v) is 19.3. The van der Waals surface area contributed by atoms with Crippen LogP contribution in [0.5, 0.6) is 5.75 Å². The van der Waals surface area contributed by atoms with Gasteiger partial charge in [-0.05, 0) is 31.9 Å². The first-order chi connectivity index (χ1) is 16.1. The van der Waals surface area contributed by atoms with E-state index in [1.165, 1.54) is 0 Å². The summed E-state index contributed by atoms with van der Waals surface area (Å²) in [5.41, 5.74) is 3.41. The van der Waals surface area contributed by atoms with Crippen LogP contribution in [0.1, 0.15) is 44.1 Å². The van der Waals surface area contributed by atoms with Crippen molar-refractivity contribution in [3.05, 3.63) is 66.1 Å². The smallest absolute Gasteiger partial charge is 0.319 e. The monoisotopic (exact) mass is 445 g/mol. The fraction of sp³-hybridized carbons (Fsp3) is 0.346. The van der Waals surface area contributed by atoms with Gasteiger partial charge in [0.1, 0.15) is 11.8 Å². The molecule has 3 rings (SSSR count). The number of benzene rings is 2. The number of carbonyl (C=O) groups is 1. The lowest BCUT2D eigenvalue weighted by Gasteiger charge is -2.13. The summed E-state index contributed by atoms with van der Waals surface area (Å²) in [6.45, 7) is 5.82. The van der Waals surface area contributed by atoms with E-state index in [1.807, 2.05) is 66.1 Å². The van der Waals surface area contributed by atoms with E-state index in [0.717, 1.165) is 36.2 Å². The topological polar surface area (TPSA) is 92.0 Å². The molecular formula is C26H31N5O2. The van der Waals surface area contributed by atoms with Crippen LogP contribution >= 0.6 is 0 Å². The van der Waals surface area contributed by atoms with E-state index >= 15 is 0 Å². The second-order valence-corrected chi connectivity index (χ2v) is 7.79. The predicted molar refractivity (Wildman–Crippen MR) is 130 cm³/mol. The Hall–Kier alpha value is -3.79. The summed E-state index contributed by atoms with van der Waals surface area (Å²) in [5, 5.41) is 15.3. The molecule has 2 aromatic carbocycles. The van der Waals surface area contributed by atoms with E-state index in [0.29, 0.717) is 43.4 Å². The number of nitrogens with one attached hydrogen (secondary N) is 2. The maximum absolute atomic E-state index is 12.2. The van der Waals surface area contributed by atoms with Gasteiger partial charge in [0.25, 0.3) is 0 Å². The molecule has 2 amide bonds. The van der Waals surface area contributed by atoms with Crippen LogP contribution in [0, 0.1) is 18.3 Å². The Labute approximate surface area is 195 Å². The number of nitrogens with zero attached hydrogens (tertiary/aromatic N) is 3. The van der Waals surface area contributed by atoms with Crippen molar-refractivity contribution in [3.63, 3.8) is 0 Å². The lowest BCUT2D eigenvalue weighted by molar-refractivity contribution is 0.251. The van der Waals surface area contributed by atoms with Gasteiger partial charge in [0.15, 0.2) is 0 Å². The number of imidazole rings is 1. The maximum Gasteiger partial charge on any atom is 0.319 e. The van der Waals surface area contributed by atoms with Crippen LogP contribution in [0.2, 0.25) is 0 Å². The number of carbonyl (C=O) groups excluding carboxylic acids is 1. The molecule has 2 N–H and O–H groups in total. The highest BCUT2D eigenvalue weighted by Crippen LogP contribution is 2.25. The highest BCUT2D eigenvalue weighted by Gasteiger charge is 2.15. The van der Waals surface area contributed by atoms with Crippen LogP contribution in [0.25, 0.3) is 11.3 Å². The molecule has 0 radical (unpaired) electrons. The van der Waals surface area contributed by atoms with E-state index < -0.39 is 0 Å². The molecule has 7 nitrogen and oxygen atoms in total. The summed E-state index contributed by atoms with van der Waals surface area (Å²) < 4.78 is 7.88. The predicted octanol–water partition coefficient (Wildman–Crippen LogP) is 5.51. The third-order valence-electron chi connectivity index (χ3n) is 5.35. The number of unbranched alkanes of at least 4 members (excludes halogenated alkanes) is 2. The van der Waals surface area contributed by atoms with Crippen molar-refractivity contribution >= 4 is 11.7 Å². The fourth-order valence-electron chi connectivity index (χ4n) is 3.61. The van der Waals surface area contributed by atoms with Gasteiger partial charge in [-0.25, -0.2) is 9.78 Å². The number of urea groups is 1. The van der Waals surface area contributed by atoms with Crippen LogP contribution in [0.15, 0.2) is 54.6 Å². The Morgan fingerprint density at radius 1 is 1.09 bits per heavy atom. The molecule has 0 aliphatic heterocycles. The molecule has 0 aliphatic carbocycles. The van der Waals surface area contributed by atoms with Crippen LogP contribution in [0.4, 0.5) is 10.5 Å². The van der Waals surface area contributed by atoms with Gasteiger partial charge >= 0.3 is 6.03 Å². The standard InChI is InChI=1S/C26H31N5O2/c1-3-4-10-16-28-26(32)29-22-14-8-9-15-23(22)33-18-11-17-31-20(2)25(30-24(31)19-27)21-12-6-5-7-13-21/h5-9,12-15H,3-4,10-11,16-18H2,1-2H3,(H2,28,29,32). The molecule has 0 unspecified atom stereocenters. The van der Waals surface area contributed by atoms with Crippen molar-refractivity contribution in [1.29, 1.82) is 5.26 Å². The number of nitriles is 1. The molecule has 0 spiro atoms. The molecule has 0 atom stereocenters. The van der Waals surface area contributed by atoms with Crippen molar-refractivity contribution in [1.82, 2.24) is 14.9 Å². The number of rotatable bonds is 11. The van der Waals surface area contributed by atoms with Gasteiger partial charge < -0.3 is 19.9 Å². The SMILES string of the molecule is CCCCCNC(=O)Nc1ccccc1OCCCn1c(C#N)nc(-c2ccccc2)c1C. The first-order valence-corrected chi connectivity index (χ1v) is 11.4. The molecule has 0 aliphatic rings. The van der Waals surface area contributed by atoms with E-state index in [9.17, 15) is 10.1 Å². The van der Waals surface area contributed by atoms with Crippen LogP contribution in [0.3, 0.4) is 0 Å². The zero-order chi connectivity index (χ0) is 23.5. The minimum atomic E-state index is -0.233. The molecule has 0 saturated carbocycles. The summed E-state index contributed by atoms with van der Waals surface area (Å²) in [4.78, 5) is 16.7. The average Bonchev–Trinajstić information content (AvgIpc) is 3.16. The molecule has 172 valence electrons. The first kappa shape index (κ1) is 23.9. The molecule has 0 fully saturated rings. The lowest BCUT2D eigenvalue weighted by atomic mass is 10.1.